The van der Waals surface area contributed by atoms with Crippen LogP contribution >= 0.6 is 0 Å². The SMILES string of the molecule is CCCNC(CCN(C)CC1CC1C)c1ccc(F)cn1. The van der Waals surface area contributed by atoms with E-state index >= 15 is 0 Å². The second-order valence-electron chi connectivity index (χ2n) is 6.43. The van der Waals surface area contributed by atoms with E-state index in [0.29, 0.717) is 0 Å². The molecule has 1 aromatic rings. The quantitative estimate of drug-likeness (QED) is 0.757. The number of rotatable bonds is 9. The van der Waals surface area contributed by atoms with Crippen LogP contribution in [-0.2, 0) is 0 Å². The Morgan fingerprint density at radius 3 is 2.81 bits per heavy atom. The number of pyridine rings is 1. The Bertz CT molecular complexity index is 421. The minimum absolute atomic E-state index is 0.213. The summed E-state index contributed by atoms with van der Waals surface area (Å²) in [6.07, 6.45) is 4.79. The highest BCUT2D eigenvalue weighted by molar-refractivity contribution is 5.10. The predicted molar refractivity (Wildman–Crippen MR) is 84.6 cm³/mol. The maximum atomic E-state index is 13.0. The zero-order valence-corrected chi connectivity index (χ0v) is 13.5. The number of nitrogens with zero attached hydrogens (tertiary/aromatic N) is 2. The van der Waals surface area contributed by atoms with E-state index in [2.05, 4.69) is 36.1 Å². The van der Waals surface area contributed by atoms with E-state index in [-0.39, 0.29) is 11.9 Å². The van der Waals surface area contributed by atoms with Gasteiger partial charge in [-0.2, -0.15) is 0 Å². The maximum Gasteiger partial charge on any atom is 0.141 e. The Kier molecular flexibility index (Phi) is 6.12. The van der Waals surface area contributed by atoms with Crippen molar-refractivity contribution in [2.45, 2.75) is 39.2 Å². The molecule has 0 bridgehead atoms. The number of halogens is 1. The summed E-state index contributed by atoms with van der Waals surface area (Å²) in [6.45, 7) is 7.69. The zero-order chi connectivity index (χ0) is 15.2. The van der Waals surface area contributed by atoms with Crippen molar-refractivity contribution in [2.75, 3.05) is 26.7 Å². The molecule has 0 amide bonds. The second-order valence-corrected chi connectivity index (χ2v) is 6.43. The molecule has 4 heteroatoms. The molecule has 118 valence electrons. The number of hydrogen-bond donors (Lipinski definition) is 1. The van der Waals surface area contributed by atoms with Gasteiger partial charge in [0.1, 0.15) is 5.82 Å². The lowest BCUT2D eigenvalue weighted by atomic mass is 10.1. The average molecular weight is 293 g/mol. The molecule has 0 spiro atoms. The Morgan fingerprint density at radius 1 is 1.48 bits per heavy atom. The second kappa shape index (κ2) is 7.85. The van der Waals surface area contributed by atoms with Gasteiger partial charge in [-0.15, -0.1) is 0 Å². The van der Waals surface area contributed by atoms with Gasteiger partial charge in [0.2, 0.25) is 0 Å². The topological polar surface area (TPSA) is 28.2 Å². The van der Waals surface area contributed by atoms with Crippen LogP contribution in [0.4, 0.5) is 4.39 Å². The van der Waals surface area contributed by atoms with E-state index in [1.54, 1.807) is 6.07 Å². The van der Waals surface area contributed by atoms with Gasteiger partial charge in [-0.1, -0.05) is 13.8 Å². The van der Waals surface area contributed by atoms with Crippen LogP contribution in [0.5, 0.6) is 0 Å². The van der Waals surface area contributed by atoms with E-state index in [9.17, 15) is 4.39 Å². The smallest absolute Gasteiger partial charge is 0.141 e. The molecule has 1 heterocycles. The first-order chi connectivity index (χ1) is 10.1. The fourth-order valence-electron chi connectivity index (χ4n) is 2.76. The first-order valence-electron chi connectivity index (χ1n) is 8.13. The third kappa shape index (κ3) is 5.36. The van der Waals surface area contributed by atoms with Gasteiger partial charge >= 0.3 is 0 Å². The first-order valence-corrected chi connectivity index (χ1v) is 8.13. The third-order valence-electron chi connectivity index (χ3n) is 4.37. The van der Waals surface area contributed by atoms with Gasteiger partial charge in [-0.3, -0.25) is 4.98 Å². The van der Waals surface area contributed by atoms with Crippen molar-refractivity contribution in [1.82, 2.24) is 15.2 Å². The molecule has 1 N–H and O–H groups in total. The third-order valence-corrected chi connectivity index (χ3v) is 4.37. The molecule has 0 aromatic carbocycles. The Hall–Kier alpha value is -1.00. The molecule has 21 heavy (non-hydrogen) atoms. The van der Waals surface area contributed by atoms with Crippen molar-refractivity contribution < 1.29 is 4.39 Å². The highest BCUT2D eigenvalue weighted by Crippen LogP contribution is 2.38. The summed E-state index contributed by atoms with van der Waals surface area (Å²) in [7, 11) is 2.19. The lowest BCUT2D eigenvalue weighted by molar-refractivity contribution is 0.291. The zero-order valence-electron chi connectivity index (χ0n) is 13.5. The molecule has 0 saturated heterocycles. The predicted octanol–water partition coefficient (Wildman–Crippen LogP) is 3.24. The highest BCUT2D eigenvalue weighted by atomic mass is 19.1. The molecule has 3 nitrogen and oxygen atoms in total. The average Bonchev–Trinajstić information content (AvgIpc) is 3.15. The summed E-state index contributed by atoms with van der Waals surface area (Å²) in [5, 5.41) is 3.53. The van der Waals surface area contributed by atoms with Crippen molar-refractivity contribution in [3.05, 3.63) is 29.8 Å². The molecule has 3 unspecified atom stereocenters. The summed E-state index contributed by atoms with van der Waals surface area (Å²) in [5.41, 5.74) is 0.943. The molecule has 1 saturated carbocycles. The Labute approximate surface area is 127 Å². The maximum absolute atomic E-state index is 13.0. The minimum atomic E-state index is -0.271. The summed E-state index contributed by atoms with van der Waals surface area (Å²) < 4.78 is 13.0. The standard InChI is InChI=1S/C17H28FN3/c1-4-8-19-17(16-6-5-15(18)11-20-16)7-9-21(3)12-14-10-13(14)2/h5-6,11,13-14,17,19H,4,7-10,12H2,1-3H3. The molecule has 3 atom stereocenters. The molecular weight excluding hydrogens is 265 g/mol. The van der Waals surface area contributed by atoms with Gasteiger partial charge in [0.25, 0.3) is 0 Å². The number of aromatic nitrogens is 1. The van der Waals surface area contributed by atoms with Gasteiger partial charge in [-0.05, 0) is 63.4 Å². The van der Waals surface area contributed by atoms with Gasteiger partial charge in [-0.25, -0.2) is 4.39 Å². The van der Waals surface area contributed by atoms with Crippen LogP contribution in [0.25, 0.3) is 0 Å². The van der Waals surface area contributed by atoms with Crippen molar-refractivity contribution in [1.29, 1.82) is 0 Å². The van der Waals surface area contributed by atoms with E-state index in [1.165, 1.54) is 25.2 Å². The van der Waals surface area contributed by atoms with Crippen LogP contribution in [0.15, 0.2) is 18.3 Å². The van der Waals surface area contributed by atoms with Crippen LogP contribution in [-0.4, -0.2) is 36.6 Å². The van der Waals surface area contributed by atoms with Crippen LogP contribution in [0.1, 0.15) is 44.8 Å². The van der Waals surface area contributed by atoms with E-state index in [4.69, 9.17) is 0 Å². The Balaban J connectivity index is 1.85. The molecule has 0 radical (unpaired) electrons. The highest BCUT2D eigenvalue weighted by Gasteiger charge is 2.33. The first kappa shape index (κ1) is 16.4. The van der Waals surface area contributed by atoms with Gasteiger partial charge in [0.15, 0.2) is 0 Å². The molecular formula is C17H28FN3. The van der Waals surface area contributed by atoms with Crippen molar-refractivity contribution >= 4 is 0 Å². The summed E-state index contributed by atoms with van der Waals surface area (Å²) >= 11 is 0. The summed E-state index contributed by atoms with van der Waals surface area (Å²) in [6, 6.07) is 3.51. The van der Waals surface area contributed by atoms with Crippen LogP contribution in [0, 0.1) is 17.7 Å². The molecule has 1 aliphatic carbocycles. The summed E-state index contributed by atoms with van der Waals surface area (Å²) in [5.74, 6) is 1.52. The normalized spacial score (nSPS) is 22.5. The monoisotopic (exact) mass is 293 g/mol. The summed E-state index contributed by atoms with van der Waals surface area (Å²) in [4.78, 5) is 6.65. The van der Waals surface area contributed by atoms with Gasteiger partial charge < -0.3 is 10.2 Å². The van der Waals surface area contributed by atoms with E-state index in [0.717, 1.165) is 43.5 Å². The minimum Gasteiger partial charge on any atom is -0.309 e. The van der Waals surface area contributed by atoms with Crippen molar-refractivity contribution in [3.63, 3.8) is 0 Å². The van der Waals surface area contributed by atoms with Gasteiger partial charge in [0.05, 0.1) is 17.9 Å². The Morgan fingerprint density at radius 2 is 2.24 bits per heavy atom. The molecule has 1 fully saturated rings. The van der Waals surface area contributed by atoms with Crippen molar-refractivity contribution in [3.8, 4) is 0 Å². The molecule has 2 rings (SSSR count). The fraction of sp³-hybridized carbons (Fsp3) is 0.706. The molecule has 1 aliphatic rings. The van der Waals surface area contributed by atoms with E-state index < -0.39 is 0 Å². The largest absolute Gasteiger partial charge is 0.309 e. The lowest BCUT2D eigenvalue weighted by Crippen LogP contribution is -2.29. The van der Waals surface area contributed by atoms with Crippen LogP contribution < -0.4 is 5.32 Å². The van der Waals surface area contributed by atoms with Crippen molar-refractivity contribution in [2.24, 2.45) is 11.8 Å². The van der Waals surface area contributed by atoms with E-state index in [1.807, 2.05) is 0 Å². The lowest BCUT2D eigenvalue weighted by Gasteiger charge is -2.22. The molecule has 1 aromatic heterocycles. The molecule has 0 aliphatic heterocycles. The van der Waals surface area contributed by atoms with Crippen LogP contribution in [0.2, 0.25) is 0 Å². The van der Waals surface area contributed by atoms with Gasteiger partial charge in [0, 0.05) is 6.54 Å². The fourth-order valence-corrected chi connectivity index (χ4v) is 2.76. The van der Waals surface area contributed by atoms with Crippen LogP contribution in [0.3, 0.4) is 0 Å². The number of hydrogen-bond acceptors (Lipinski definition) is 3. The number of nitrogens with one attached hydrogen (secondary N) is 1.